The number of nitrogens with two attached hydrogens (primary N) is 1. The van der Waals surface area contributed by atoms with E-state index in [4.69, 9.17) is 10.5 Å². The number of rotatable bonds is 3. The molecule has 20 heavy (non-hydrogen) atoms. The lowest BCUT2D eigenvalue weighted by atomic mass is 9.99. The molecule has 0 aliphatic heterocycles. The minimum absolute atomic E-state index is 0.337. The first-order valence-corrected chi connectivity index (χ1v) is 7.37. The van der Waals surface area contributed by atoms with E-state index in [0.29, 0.717) is 11.8 Å². The molecule has 0 fully saturated rings. The maximum absolute atomic E-state index is 6.00. The number of benzene rings is 1. The molecule has 2 aromatic rings. The standard InChI is InChI=1S/C16H19BrN2O/c1-9(2)13-7-14(18)10(3)6-15(13)20-16-11(4)5-12(17)8-19-16/h5-9H,18H2,1-4H3. The van der Waals surface area contributed by atoms with Crippen molar-refractivity contribution in [2.75, 3.05) is 5.73 Å². The van der Waals surface area contributed by atoms with E-state index in [1.807, 2.05) is 32.0 Å². The third-order valence-corrected chi connectivity index (χ3v) is 3.66. The molecule has 0 spiro atoms. The van der Waals surface area contributed by atoms with Crippen LogP contribution in [0.2, 0.25) is 0 Å². The normalized spacial score (nSPS) is 10.9. The Hall–Kier alpha value is -1.55. The van der Waals surface area contributed by atoms with Gasteiger partial charge in [-0.05, 0) is 65.0 Å². The van der Waals surface area contributed by atoms with Crippen LogP contribution in [-0.4, -0.2) is 4.98 Å². The van der Waals surface area contributed by atoms with Crippen molar-refractivity contribution in [2.24, 2.45) is 0 Å². The monoisotopic (exact) mass is 334 g/mol. The average molecular weight is 335 g/mol. The molecule has 0 atom stereocenters. The van der Waals surface area contributed by atoms with Gasteiger partial charge in [0.25, 0.3) is 0 Å². The smallest absolute Gasteiger partial charge is 0.222 e. The zero-order valence-electron chi connectivity index (χ0n) is 12.2. The molecule has 1 aromatic carbocycles. The van der Waals surface area contributed by atoms with E-state index in [1.165, 1.54) is 0 Å². The number of aromatic nitrogens is 1. The van der Waals surface area contributed by atoms with Crippen molar-refractivity contribution >= 4 is 21.6 Å². The van der Waals surface area contributed by atoms with Crippen LogP contribution in [0.3, 0.4) is 0 Å². The summed E-state index contributed by atoms with van der Waals surface area (Å²) in [6, 6.07) is 5.96. The molecule has 0 amide bonds. The maximum atomic E-state index is 6.00. The second-order valence-corrected chi connectivity index (χ2v) is 6.19. The van der Waals surface area contributed by atoms with Gasteiger partial charge in [-0.15, -0.1) is 0 Å². The van der Waals surface area contributed by atoms with Gasteiger partial charge in [0.2, 0.25) is 5.88 Å². The molecule has 0 aliphatic rings. The number of hydrogen-bond donors (Lipinski definition) is 1. The summed E-state index contributed by atoms with van der Waals surface area (Å²) in [4.78, 5) is 4.33. The summed E-state index contributed by atoms with van der Waals surface area (Å²) in [5.74, 6) is 1.78. The van der Waals surface area contributed by atoms with Gasteiger partial charge in [0.05, 0.1) is 0 Å². The van der Waals surface area contributed by atoms with Gasteiger partial charge in [-0.2, -0.15) is 0 Å². The highest BCUT2D eigenvalue weighted by Crippen LogP contribution is 2.34. The van der Waals surface area contributed by atoms with E-state index in [2.05, 4.69) is 34.8 Å². The molecule has 0 unspecified atom stereocenters. The van der Waals surface area contributed by atoms with E-state index in [-0.39, 0.29) is 0 Å². The molecule has 0 saturated carbocycles. The summed E-state index contributed by atoms with van der Waals surface area (Å²) >= 11 is 3.41. The fourth-order valence-electron chi connectivity index (χ4n) is 1.99. The van der Waals surface area contributed by atoms with Gasteiger partial charge < -0.3 is 10.5 Å². The number of halogens is 1. The van der Waals surface area contributed by atoms with E-state index in [0.717, 1.165) is 32.6 Å². The van der Waals surface area contributed by atoms with Crippen molar-refractivity contribution in [3.63, 3.8) is 0 Å². The van der Waals surface area contributed by atoms with E-state index >= 15 is 0 Å². The topological polar surface area (TPSA) is 48.1 Å². The highest BCUT2D eigenvalue weighted by Gasteiger charge is 2.13. The van der Waals surface area contributed by atoms with E-state index < -0.39 is 0 Å². The molecule has 0 saturated heterocycles. The maximum Gasteiger partial charge on any atom is 0.222 e. The number of nitrogens with zero attached hydrogens (tertiary/aromatic N) is 1. The van der Waals surface area contributed by atoms with Gasteiger partial charge in [-0.1, -0.05) is 13.8 Å². The molecule has 1 heterocycles. The van der Waals surface area contributed by atoms with Crippen molar-refractivity contribution in [3.05, 3.63) is 45.6 Å². The van der Waals surface area contributed by atoms with Crippen molar-refractivity contribution in [3.8, 4) is 11.6 Å². The Morgan fingerprint density at radius 2 is 1.85 bits per heavy atom. The highest BCUT2D eigenvalue weighted by molar-refractivity contribution is 9.10. The van der Waals surface area contributed by atoms with Gasteiger partial charge in [0.15, 0.2) is 0 Å². The summed E-state index contributed by atoms with van der Waals surface area (Å²) in [7, 11) is 0. The predicted octanol–water partition coefficient (Wildman–Crippen LogP) is 4.96. The van der Waals surface area contributed by atoms with Crippen molar-refractivity contribution in [1.82, 2.24) is 4.98 Å². The summed E-state index contributed by atoms with van der Waals surface area (Å²) in [5, 5.41) is 0. The molecule has 3 nitrogen and oxygen atoms in total. The first kappa shape index (κ1) is 14.9. The Balaban J connectivity index is 2.44. The number of nitrogen functional groups attached to an aromatic ring is 1. The molecule has 0 bridgehead atoms. The number of hydrogen-bond acceptors (Lipinski definition) is 3. The predicted molar refractivity (Wildman–Crippen MR) is 86.4 cm³/mol. The van der Waals surface area contributed by atoms with Gasteiger partial charge in [-0.25, -0.2) is 4.98 Å². The molecule has 0 aliphatic carbocycles. The molecular weight excluding hydrogens is 316 g/mol. The van der Waals surface area contributed by atoms with Crippen LogP contribution in [0.25, 0.3) is 0 Å². The van der Waals surface area contributed by atoms with Crippen LogP contribution in [0.15, 0.2) is 28.9 Å². The third kappa shape index (κ3) is 3.12. The van der Waals surface area contributed by atoms with Gasteiger partial charge >= 0.3 is 0 Å². The van der Waals surface area contributed by atoms with Crippen LogP contribution in [0.4, 0.5) is 5.69 Å². The Morgan fingerprint density at radius 3 is 2.45 bits per heavy atom. The van der Waals surface area contributed by atoms with Gasteiger partial charge in [-0.3, -0.25) is 0 Å². The Kier molecular flexibility index (Phi) is 4.33. The van der Waals surface area contributed by atoms with Crippen LogP contribution in [0.5, 0.6) is 11.6 Å². The largest absolute Gasteiger partial charge is 0.438 e. The van der Waals surface area contributed by atoms with Crippen LogP contribution in [0, 0.1) is 13.8 Å². The second-order valence-electron chi connectivity index (χ2n) is 5.28. The number of ether oxygens (including phenoxy) is 1. The summed E-state index contributed by atoms with van der Waals surface area (Å²) in [6.45, 7) is 8.21. The molecule has 1 aromatic heterocycles. The van der Waals surface area contributed by atoms with Crippen LogP contribution >= 0.6 is 15.9 Å². The summed E-state index contributed by atoms with van der Waals surface area (Å²) in [6.07, 6.45) is 1.74. The van der Waals surface area contributed by atoms with Crippen molar-refractivity contribution in [2.45, 2.75) is 33.6 Å². The van der Waals surface area contributed by atoms with Crippen molar-refractivity contribution < 1.29 is 4.74 Å². The first-order chi connectivity index (χ1) is 9.38. The zero-order chi connectivity index (χ0) is 14.9. The fourth-order valence-corrected chi connectivity index (χ4v) is 2.44. The van der Waals surface area contributed by atoms with E-state index in [9.17, 15) is 0 Å². The summed E-state index contributed by atoms with van der Waals surface area (Å²) < 4.78 is 6.95. The van der Waals surface area contributed by atoms with Crippen LogP contribution < -0.4 is 10.5 Å². The minimum Gasteiger partial charge on any atom is -0.438 e. The third-order valence-electron chi connectivity index (χ3n) is 3.22. The first-order valence-electron chi connectivity index (χ1n) is 6.58. The number of pyridine rings is 1. The SMILES string of the molecule is Cc1cc(Oc2ncc(Br)cc2C)c(C(C)C)cc1N. The van der Waals surface area contributed by atoms with Gasteiger partial charge in [0.1, 0.15) is 5.75 Å². The molecule has 2 rings (SSSR count). The Morgan fingerprint density at radius 1 is 1.15 bits per heavy atom. The molecule has 0 radical (unpaired) electrons. The second kappa shape index (κ2) is 5.83. The van der Waals surface area contributed by atoms with Crippen molar-refractivity contribution in [1.29, 1.82) is 0 Å². The van der Waals surface area contributed by atoms with Crippen LogP contribution in [-0.2, 0) is 0 Å². The lowest BCUT2D eigenvalue weighted by Crippen LogP contribution is -2.00. The van der Waals surface area contributed by atoms with E-state index in [1.54, 1.807) is 6.20 Å². The van der Waals surface area contributed by atoms with Crippen LogP contribution in [0.1, 0.15) is 36.5 Å². The highest BCUT2D eigenvalue weighted by atomic mass is 79.9. The Labute approximate surface area is 128 Å². The fraction of sp³-hybridized carbons (Fsp3) is 0.312. The summed E-state index contributed by atoms with van der Waals surface area (Å²) in [5.41, 5.74) is 9.88. The number of aryl methyl sites for hydroxylation is 2. The minimum atomic E-state index is 0.337. The quantitative estimate of drug-likeness (QED) is 0.807. The molecule has 4 heteroatoms. The number of anilines is 1. The molecule has 2 N–H and O–H groups in total. The van der Waals surface area contributed by atoms with Gasteiger partial charge in [0, 0.05) is 21.9 Å². The Bertz CT molecular complexity index is 639. The zero-order valence-corrected chi connectivity index (χ0v) is 13.8. The molecule has 106 valence electrons. The average Bonchev–Trinajstić information content (AvgIpc) is 2.36. The molecular formula is C16H19BrN2O. The lowest BCUT2D eigenvalue weighted by Gasteiger charge is -2.16. The lowest BCUT2D eigenvalue weighted by molar-refractivity contribution is 0.450.